The molecule has 0 atom stereocenters. The van der Waals surface area contributed by atoms with Crippen LogP contribution in [0.2, 0.25) is 0 Å². The minimum atomic E-state index is 0.131. The summed E-state index contributed by atoms with van der Waals surface area (Å²) in [6.45, 7) is 0. The normalized spacial score (nSPS) is 9.70. The second kappa shape index (κ2) is 2.84. The van der Waals surface area contributed by atoms with E-state index in [1.165, 1.54) is 0 Å². The van der Waals surface area contributed by atoms with Gasteiger partial charge < -0.3 is 10.8 Å². The maximum absolute atomic E-state index is 9.07. The van der Waals surface area contributed by atoms with Crippen molar-refractivity contribution in [2.45, 2.75) is 5.75 Å². The van der Waals surface area contributed by atoms with Crippen molar-refractivity contribution in [3.8, 4) is 5.75 Å². The molecule has 0 fully saturated rings. The molecule has 0 unspecified atom stereocenters. The van der Waals surface area contributed by atoms with Crippen LogP contribution in [0.15, 0.2) is 18.2 Å². The molecule has 0 bridgehead atoms. The number of rotatable bonds is 1. The minimum absolute atomic E-state index is 0.131. The van der Waals surface area contributed by atoms with Gasteiger partial charge in [0.25, 0.3) is 0 Å². The summed E-state index contributed by atoms with van der Waals surface area (Å²) in [5.74, 6) is 0.750. The number of phenolic OH excluding ortho intramolecular Hbond substituents is 1. The van der Waals surface area contributed by atoms with E-state index in [0.717, 1.165) is 5.56 Å². The molecule has 2 nitrogen and oxygen atoms in total. The van der Waals surface area contributed by atoms with Gasteiger partial charge in [0.15, 0.2) is 0 Å². The van der Waals surface area contributed by atoms with E-state index in [9.17, 15) is 0 Å². The third-order valence-electron chi connectivity index (χ3n) is 1.28. The van der Waals surface area contributed by atoms with E-state index in [2.05, 4.69) is 12.6 Å². The zero-order valence-corrected chi connectivity index (χ0v) is 6.31. The van der Waals surface area contributed by atoms with Crippen molar-refractivity contribution in [3.05, 3.63) is 23.8 Å². The predicted octanol–water partition coefficient (Wildman–Crippen LogP) is 1.40. The van der Waals surface area contributed by atoms with E-state index >= 15 is 0 Å². The molecular formula is C7H9NOS. The second-order valence-electron chi connectivity index (χ2n) is 2.05. The number of aromatic hydroxyl groups is 1. The molecule has 0 heterocycles. The smallest absolute Gasteiger partial charge is 0.138 e. The van der Waals surface area contributed by atoms with Crippen LogP contribution in [-0.4, -0.2) is 5.11 Å². The van der Waals surface area contributed by atoms with Crippen LogP contribution in [0.1, 0.15) is 5.56 Å². The Balaban J connectivity index is 3.04. The number of thiol groups is 1. The predicted molar refractivity (Wildman–Crippen MR) is 45.2 cm³/mol. The zero-order chi connectivity index (χ0) is 7.56. The second-order valence-corrected chi connectivity index (χ2v) is 2.37. The van der Waals surface area contributed by atoms with Gasteiger partial charge in [-0.1, -0.05) is 6.07 Å². The average Bonchev–Trinajstić information content (AvgIpc) is 1.95. The standard InChI is InChI=1S/C7H9NOS/c8-6-2-1-5(4-10)3-7(6)9/h1-3,9-10H,4,8H2. The maximum atomic E-state index is 9.07. The highest BCUT2D eigenvalue weighted by Gasteiger charge is 1.95. The Bertz CT molecular complexity index is 237. The van der Waals surface area contributed by atoms with Crippen molar-refractivity contribution in [1.82, 2.24) is 0 Å². The highest BCUT2D eigenvalue weighted by Crippen LogP contribution is 2.21. The molecule has 0 radical (unpaired) electrons. The fourth-order valence-corrected chi connectivity index (χ4v) is 0.884. The first-order valence-electron chi connectivity index (χ1n) is 2.92. The third-order valence-corrected chi connectivity index (χ3v) is 1.64. The maximum Gasteiger partial charge on any atom is 0.138 e. The molecule has 3 heteroatoms. The first kappa shape index (κ1) is 7.28. The summed E-state index contributed by atoms with van der Waals surface area (Å²) in [7, 11) is 0. The summed E-state index contributed by atoms with van der Waals surface area (Å²) in [5.41, 5.74) is 6.74. The number of nitrogens with two attached hydrogens (primary N) is 1. The van der Waals surface area contributed by atoms with Gasteiger partial charge in [0.05, 0.1) is 5.69 Å². The number of benzene rings is 1. The van der Waals surface area contributed by atoms with Gasteiger partial charge in [0.1, 0.15) is 5.75 Å². The van der Waals surface area contributed by atoms with E-state index in [4.69, 9.17) is 10.8 Å². The van der Waals surface area contributed by atoms with Crippen molar-refractivity contribution in [1.29, 1.82) is 0 Å². The van der Waals surface area contributed by atoms with Gasteiger partial charge in [-0.3, -0.25) is 0 Å². The van der Waals surface area contributed by atoms with E-state index in [1.54, 1.807) is 12.1 Å². The molecule has 0 spiro atoms. The van der Waals surface area contributed by atoms with Crippen LogP contribution < -0.4 is 5.73 Å². The topological polar surface area (TPSA) is 46.2 Å². The highest BCUT2D eigenvalue weighted by atomic mass is 32.1. The summed E-state index contributed by atoms with van der Waals surface area (Å²) in [6.07, 6.45) is 0. The van der Waals surface area contributed by atoms with E-state index < -0.39 is 0 Å². The van der Waals surface area contributed by atoms with Gasteiger partial charge in [-0.15, -0.1) is 0 Å². The summed E-state index contributed by atoms with van der Waals surface area (Å²) in [6, 6.07) is 5.12. The summed E-state index contributed by atoms with van der Waals surface area (Å²) >= 11 is 4.04. The molecule has 54 valence electrons. The Morgan fingerprint density at radius 1 is 1.50 bits per heavy atom. The van der Waals surface area contributed by atoms with Crippen molar-refractivity contribution in [3.63, 3.8) is 0 Å². The van der Waals surface area contributed by atoms with Crippen LogP contribution >= 0.6 is 12.6 Å². The lowest BCUT2D eigenvalue weighted by Crippen LogP contribution is -1.86. The Hall–Kier alpha value is -0.830. The van der Waals surface area contributed by atoms with Gasteiger partial charge in [-0.25, -0.2) is 0 Å². The Kier molecular flexibility index (Phi) is 2.06. The minimum Gasteiger partial charge on any atom is -0.506 e. The largest absolute Gasteiger partial charge is 0.506 e. The molecule has 0 saturated heterocycles. The van der Waals surface area contributed by atoms with E-state index in [0.29, 0.717) is 11.4 Å². The molecule has 1 aromatic rings. The van der Waals surface area contributed by atoms with Crippen LogP contribution in [0.3, 0.4) is 0 Å². The molecule has 3 N–H and O–H groups in total. The average molecular weight is 155 g/mol. The molecule has 0 aliphatic carbocycles. The highest BCUT2D eigenvalue weighted by molar-refractivity contribution is 7.79. The van der Waals surface area contributed by atoms with Gasteiger partial charge >= 0.3 is 0 Å². The van der Waals surface area contributed by atoms with Crippen LogP contribution in [0, 0.1) is 0 Å². The summed E-state index contributed by atoms with van der Waals surface area (Å²) in [4.78, 5) is 0. The number of nitrogen functional groups attached to an aromatic ring is 1. The first-order chi connectivity index (χ1) is 4.74. The Morgan fingerprint density at radius 2 is 2.20 bits per heavy atom. The quantitative estimate of drug-likeness (QED) is 0.326. The molecule has 0 aliphatic rings. The van der Waals surface area contributed by atoms with Crippen LogP contribution in [-0.2, 0) is 5.75 Å². The van der Waals surface area contributed by atoms with Gasteiger partial charge in [0.2, 0.25) is 0 Å². The number of phenols is 1. The molecular weight excluding hydrogens is 146 g/mol. The van der Waals surface area contributed by atoms with Gasteiger partial charge in [-0.2, -0.15) is 12.6 Å². The molecule has 1 aromatic carbocycles. The SMILES string of the molecule is Nc1ccc(CS)cc1O. The van der Waals surface area contributed by atoms with Crippen molar-refractivity contribution in [2.24, 2.45) is 0 Å². The molecule has 0 aromatic heterocycles. The van der Waals surface area contributed by atoms with Crippen LogP contribution in [0.25, 0.3) is 0 Å². The zero-order valence-electron chi connectivity index (χ0n) is 5.41. The Labute approximate surface area is 65.1 Å². The number of anilines is 1. The first-order valence-corrected chi connectivity index (χ1v) is 3.55. The van der Waals surface area contributed by atoms with Crippen LogP contribution in [0.4, 0.5) is 5.69 Å². The molecule has 0 amide bonds. The molecule has 1 rings (SSSR count). The van der Waals surface area contributed by atoms with E-state index in [1.807, 2.05) is 6.07 Å². The number of hydrogen-bond acceptors (Lipinski definition) is 3. The number of hydrogen-bond donors (Lipinski definition) is 3. The lowest BCUT2D eigenvalue weighted by molar-refractivity contribution is 0.477. The molecule has 10 heavy (non-hydrogen) atoms. The fraction of sp³-hybridized carbons (Fsp3) is 0.143. The van der Waals surface area contributed by atoms with Crippen LogP contribution in [0.5, 0.6) is 5.75 Å². The monoisotopic (exact) mass is 155 g/mol. The van der Waals surface area contributed by atoms with Gasteiger partial charge in [-0.05, 0) is 17.7 Å². The summed E-state index contributed by atoms with van der Waals surface area (Å²) < 4.78 is 0. The van der Waals surface area contributed by atoms with Crippen molar-refractivity contribution >= 4 is 18.3 Å². The fourth-order valence-electron chi connectivity index (χ4n) is 0.688. The van der Waals surface area contributed by atoms with E-state index in [-0.39, 0.29) is 5.75 Å². The Morgan fingerprint density at radius 3 is 2.70 bits per heavy atom. The van der Waals surface area contributed by atoms with Gasteiger partial charge in [0, 0.05) is 5.75 Å². The molecule has 0 aliphatic heterocycles. The lowest BCUT2D eigenvalue weighted by Gasteiger charge is -1.99. The van der Waals surface area contributed by atoms with Crippen molar-refractivity contribution in [2.75, 3.05) is 5.73 Å². The molecule has 0 saturated carbocycles. The summed E-state index contributed by atoms with van der Waals surface area (Å²) in [5, 5.41) is 9.07. The van der Waals surface area contributed by atoms with Crippen molar-refractivity contribution < 1.29 is 5.11 Å². The third kappa shape index (κ3) is 1.36. The lowest BCUT2D eigenvalue weighted by atomic mass is 10.2.